The predicted molar refractivity (Wildman–Crippen MR) is 131 cm³/mol. The van der Waals surface area contributed by atoms with Gasteiger partial charge in [-0.2, -0.15) is 0 Å². The van der Waals surface area contributed by atoms with Crippen LogP contribution in [0.15, 0.2) is 60.0 Å². The first-order valence-electron chi connectivity index (χ1n) is 11.4. The molecule has 3 aromatic rings. The first-order chi connectivity index (χ1) is 16.1. The van der Waals surface area contributed by atoms with Gasteiger partial charge in [0.2, 0.25) is 5.91 Å². The Morgan fingerprint density at radius 3 is 2.79 bits per heavy atom. The number of piperazine rings is 1. The van der Waals surface area contributed by atoms with Gasteiger partial charge >= 0.3 is 0 Å². The van der Waals surface area contributed by atoms with E-state index in [0.29, 0.717) is 19.5 Å². The van der Waals surface area contributed by atoms with Gasteiger partial charge in [0.05, 0.1) is 19.1 Å². The van der Waals surface area contributed by atoms with Crippen LogP contribution in [0.2, 0.25) is 0 Å². The van der Waals surface area contributed by atoms with Crippen molar-refractivity contribution in [2.75, 3.05) is 43.1 Å². The lowest BCUT2D eigenvalue weighted by atomic mass is 9.83. The highest BCUT2D eigenvalue weighted by molar-refractivity contribution is 7.09. The quantitative estimate of drug-likeness (QED) is 0.595. The maximum absolute atomic E-state index is 13.5. The van der Waals surface area contributed by atoms with Gasteiger partial charge in [-0.15, -0.1) is 11.3 Å². The van der Waals surface area contributed by atoms with Gasteiger partial charge in [-0.25, -0.2) is 4.39 Å². The summed E-state index contributed by atoms with van der Waals surface area (Å²) >= 11 is 1.72. The lowest BCUT2D eigenvalue weighted by Crippen LogP contribution is -2.61. The molecule has 5 nitrogen and oxygen atoms in total. The van der Waals surface area contributed by atoms with Crippen molar-refractivity contribution in [1.82, 2.24) is 5.32 Å². The highest BCUT2D eigenvalue weighted by Gasteiger charge is 2.41. The van der Waals surface area contributed by atoms with Gasteiger partial charge in [0.25, 0.3) is 0 Å². The normalized spacial score (nSPS) is 19.6. The number of fused-ring (bicyclic) bond motifs is 3. The second kappa shape index (κ2) is 9.43. The molecule has 0 radical (unpaired) electrons. The Morgan fingerprint density at radius 2 is 2.03 bits per heavy atom. The summed E-state index contributed by atoms with van der Waals surface area (Å²) in [5.41, 5.74) is 3.32. The molecule has 1 fully saturated rings. The first-order valence-corrected chi connectivity index (χ1v) is 12.2. The van der Waals surface area contributed by atoms with Crippen molar-refractivity contribution in [2.24, 2.45) is 5.92 Å². The number of amides is 1. The number of hydrogen-bond acceptors (Lipinski definition) is 5. The van der Waals surface area contributed by atoms with E-state index in [1.165, 1.54) is 22.6 Å². The van der Waals surface area contributed by atoms with Gasteiger partial charge in [0, 0.05) is 48.5 Å². The van der Waals surface area contributed by atoms with Crippen LogP contribution >= 0.6 is 11.3 Å². The van der Waals surface area contributed by atoms with Gasteiger partial charge in [0.15, 0.2) is 0 Å². The number of carbonyl (C=O) groups is 1. The number of methoxy groups -OCH3 is 1. The largest absolute Gasteiger partial charge is 0.497 e. The van der Waals surface area contributed by atoms with Crippen LogP contribution in [-0.4, -0.2) is 45.2 Å². The molecular weight excluding hydrogens is 437 g/mol. The summed E-state index contributed by atoms with van der Waals surface area (Å²) < 4.78 is 18.9. The number of thiophene rings is 1. The molecule has 1 aromatic heterocycles. The third-order valence-corrected chi connectivity index (χ3v) is 7.64. The Hall–Kier alpha value is -3.06. The van der Waals surface area contributed by atoms with E-state index in [9.17, 15) is 9.18 Å². The molecule has 1 N–H and O–H groups in total. The molecule has 1 saturated heterocycles. The highest BCUT2D eigenvalue weighted by atomic mass is 32.1. The average molecular weight is 466 g/mol. The minimum atomic E-state index is -0.237. The second-order valence-corrected chi connectivity index (χ2v) is 9.64. The fourth-order valence-corrected chi connectivity index (χ4v) is 5.69. The third-order valence-electron chi connectivity index (χ3n) is 6.70. The standard InChI is InChI=1S/C26H28FN3O2S/c1-32-21-9-4-18-15-23(26(31)28-11-10-22-3-2-14-33-22)25-17-29(12-13-30(25)24(18)16-21)20-7-5-19(27)6-8-20/h2-9,14,16,23,25H,10-13,15,17H2,1H3,(H,28,31)/t23-,25+/m1/s1. The molecular formula is C26H28FN3O2S. The van der Waals surface area contributed by atoms with Gasteiger partial charge in [0.1, 0.15) is 11.6 Å². The minimum absolute atomic E-state index is 0.0325. The zero-order valence-corrected chi connectivity index (χ0v) is 19.5. The number of benzene rings is 2. The van der Waals surface area contributed by atoms with Crippen LogP contribution in [0.3, 0.4) is 0 Å². The molecule has 2 atom stereocenters. The summed E-state index contributed by atoms with van der Waals surface area (Å²) in [6.07, 6.45) is 1.54. The van der Waals surface area contributed by atoms with Gasteiger partial charge < -0.3 is 19.9 Å². The Morgan fingerprint density at radius 1 is 1.18 bits per heavy atom. The van der Waals surface area contributed by atoms with Crippen molar-refractivity contribution in [1.29, 1.82) is 0 Å². The Kier molecular flexibility index (Phi) is 6.22. The SMILES string of the molecule is COc1ccc2c(c1)N1CCN(c3ccc(F)cc3)C[C@H]1[C@H](C(=O)NCCc1cccs1)C2. The van der Waals surface area contributed by atoms with E-state index in [1.807, 2.05) is 24.3 Å². The molecule has 2 aromatic carbocycles. The summed E-state index contributed by atoms with van der Waals surface area (Å²) in [7, 11) is 1.68. The van der Waals surface area contributed by atoms with Gasteiger partial charge in [-0.3, -0.25) is 4.79 Å². The molecule has 0 bridgehead atoms. The molecule has 0 spiro atoms. The molecule has 33 heavy (non-hydrogen) atoms. The van der Waals surface area contributed by atoms with Crippen molar-refractivity contribution < 1.29 is 13.9 Å². The van der Waals surface area contributed by atoms with Crippen LogP contribution in [0.5, 0.6) is 5.75 Å². The van der Waals surface area contributed by atoms with Gasteiger partial charge in [-0.1, -0.05) is 12.1 Å². The number of nitrogens with zero attached hydrogens (tertiary/aromatic N) is 2. The number of halogens is 1. The first kappa shape index (κ1) is 21.8. The van der Waals surface area contributed by atoms with Gasteiger partial charge in [-0.05, 0) is 60.2 Å². The molecule has 3 heterocycles. The van der Waals surface area contributed by atoms with Crippen molar-refractivity contribution in [2.45, 2.75) is 18.9 Å². The number of carbonyl (C=O) groups excluding carboxylic acids is 1. The number of anilines is 2. The lowest BCUT2D eigenvalue weighted by Gasteiger charge is -2.49. The van der Waals surface area contributed by atoms with E-state index in [-0.39, 0.29) is 23.7 Å². The minimum Gasteiger partial charge on any atom is -0.497 e. The lowest BCUT2D eigenvalue weighted by molar-refractivity contribution is -0.125. The molecule has 1 amide bonds. The molecule has 0 saturated carbocycles. The monoisotopic (exact) mass is 465 g/mol. The summed E-state index contributed by atoms with van der Waals surface area (Å²) in [4.78, 5) is 19.3. The zero-order chi connectivity index (χ0) is 22.8. The molecule has 5 rings (SSSR count). The third kappa shape index (κ3) is 4.55. The number of hydrogen-bond donors (Lipinski definition) is 1. The van der Waals surface area contributed by atoms with Crippen LogP contribution in [0.1, 0.15) is 10.4 Å². The maximum atomic E-state index is 13.5. The van der Waals surface area contributed by atoms with Crippen LogP contribution in [0.4, 0.5) is 15.8 Å². The van der Waals surface area contributed by atoms with E-state index in [1.54, 1.807) is 18.4 Å². The molecule has 2 aliphatic heterocycles. The van der Waals surface area contributed by atoms with E-state index in [0.717, 1.165) is 36.6 Å². The number of rotatable bonds is 6. The fraction of sp³-hybridized carbons (Fsp3) is 0.346. The van der Waals surface area contributed by atoms with E-state index in [2.05, 4.69) is 38.7 Å². The Balaban J connectivity index is 1.38. The van der Waals surface area contributed by atoms with E-state index in [4.69, 9.17) is 4.74 Å². The topological polar surface area (TPSA) is 44.8 Å². The highest BCUT2D eigenvalue weighted by Crippen LogP contribution is 2.39. The van der Waals surface area contributed by atoms with Crippen molar-refractivity contribution in [3.8, 4) is 5.75 Å². The predicted octanol–water partition coefficient (Wildman–Crippen LogP) is 4.12. The van der Waals surface area contributed by atoms with Crippen LogP contribution in [0, 0.1) is 11.7 Å². The number of nitrogens with one attached hydrogen (secondary N) is 1. The van der Waals surface area contributed by atoms with E-state index < -0.39 is 0 Å². The summed E-state index contributed by atoms with van der Waals surface area (Å²) in [5.74, 6) is 0.535. The average Bonchev–Trinajstić information content (AvgIpc) is 3.37. The molecule has 0 aliphatic carbocycles. The summed E-state index contributed by atoms with van der Waals surface area (Å²) in [6, 6.07) is 17.0. The van der Waals surface area contributed by atoms with Crippen LogP contribution in [-0.2, 0) is 17.6 Å². The fourth-order valence-electron chi connectivity index (χ4n) is 4.99. The van der Waals surface area contributed by atoms with Crippen molar-refractivity contribution >= 4 is 28.6 Å². The summed E-state index contributed by atoms with van der Waals surface area (Å²) in [5, 5.41) is 5.25. The molecule has 2 aliphatic rings. The van der Waals surface area contributed by atoms with Crippen LogP contribution < -0.4 is 19.9 Å². The second-order valence-electron chi connectivity index (χ2n) is 8.61. The molecule has 7 heteroatoms. The van der Waals surface area contributed by atoms with Crippen molar-refractivity contribution in [3.63, 3.8) is 0 Å². The summed E-state index contributed by atoms with van der Waals surface area (Å²) in [6.45, 7) is 2.96. The molecule has 172 valence electrons. The van der Waals surface area contributed by atoms with E-state index >= 15 is 0 Å². The maximum Gasteiger partial charge on any atom is 0.225 e. The van der Waals surface area contributed by atoms with Crippen LogP contribution in [0.25, 0.3) is 0 Å². The Bertz CT molecular complexity index is 1100. The molecule has 0 unspecified atom stereocenters. The zero-order valence-electron chi connectivity index (χ0n) is 18.7. The number of ether oxygens (including phenoxy) is 1. The smallest absolute Gasteiger partial charge is 0.225 e. The Labute approximate surface area is 197 Å². The van der Waals surface area contributed by atoms with Crippen molar-refractivity contribution in [3.05, 3.63) is 76.2 Å².